The first-order chi connectivity index (χ1) is 15.5. The number of carboxylic acid groups (broad SMARTS) is 2. The molecule has 0 saturated carbocycles. The number of hydrogen-bond donors (Lipinski definition) is 2. The summed E-state index contributed by atoms with van der Waals surface area (Å²) < 4.78 is 20.8. The van der Waals surface area contributed by atoms with Crippen molar-refractivity contribution < 1.29 is 48.3 Å². The van der Waals surface area contributed by atoms with Crippen LogP contribution in [0.2, 0.25) is 0 Å². The number of ether oxygens (including phenoxy) is 4. The summed E-state index contributed by atoms with van der Waals surface area (Å²) in [6.07, 6.45) is 1.44. The molecule has 1 rings (SSSR count). The van der Waals surface area contributed by atoms with Crippen LogP contribution in [0.4, 0.5) is 0 Å². The molecule has 0 saturated heterocycles. The zero-order chi connectivity index (χ0) is 25.4. The molecule has 0 aromatic heterocycles. The minimum Gasteiger partial charge on any atom is -0.478 e. The Labute approximate surface area is 192 Å². The van der Waals surface area contributed by atoms with E-state index in [1.165, 1.54) is 24.3 Å². The van der Waals surface area contributed by atoms with Gasteiger partial charge < -0.3 is 29.2 Å². The van der Waals surface area contributed by atoms with Crippen molar-refractivity contribution in [3.8, 4) is 0 Å². The number of carboxylic acids is 2. The van der Waals surface area contributed by atoms with Crippen molar-refractivity contribution in [3.63, 3.8) is 0 Å². The molecule has 10 nitrogen and oxygen atoms in total. The maximum atomic E-state index is 11.0. The van der Waals surface area contributed by atoms with Gasteiger partial charge in [-0.3, -0.25) is 0 Å². The Kier molecular flexibility index (Phi) is 14.5. The second kappa shape index (κ2) is 16.2. The zero-order valence-corrected chi connectivity index (χ0v) is 18.9. The van der Waals surface area contributed by atoms with Crippen LogP contribution in [0.3, 0.4) is 0 Å². The third-order valence-electron chi connectivity index (χ3n) is 3.73. The van der Waals surface area contributed by atoms with Gasteiger partial charge in [-0.25, -0.2) is 19.2 Å². The van der Waals surface area contributed by atoms with E-state index in [-0.39, 0.29) is 42.7 Å². The van der Waals surface area contributed by atoms with Crippen LogP contribution in [-0.4, -0.2) is 72.2 Å². The van der Waals surface area contributed by atoms with Gasteiger partial charge in [-0.15, -0.1) is 0 Å². The number of esters is 2. The van der Waals surface area contributed by atoms with E-state index >= 15 is 0 Å². The zero-order valence-electron chi connectivity index (χ0n) is 18.9. The van der Waals surface area contributed by atoms with E-state index in [1.54, 1.807) is 13.8 Å². The van der Waals surface area contributed by atoms with Gasteiger partial charge in [0.05, 0.1) is 36.5 Å². The van der Waals surface area contributed by atoms with Gasteiger partial charge >= 0.3 is 23.9 Å². The predicted octanol–water partition coefficient (Wildman–Crippen LogP) is 2.73. The Balaban J connectivity index is 0.000000716. The Bertz CT molecular complexity index is 784. The molecule has 0 bridgehead atoms. The van der Waals surface area contributed by atoms with Gasteiger partial charge in [0.2, 0.25) is 0 Å². The summed E-state index contributed by atoms with van der Waals surface area (Å²) in [6.45, 7) is 12.7. The lowest BCUT2D eigenvalue weighted by Gasteiger charge is -2.19. The molecular weight excluding hydrogens is 436 g/mol. The van der Waals surface area contributed by atoms with Crippen LogP contribution >= 0.6 is 0 Å². The van der Waals surface area contributed by atoms with Crippen molar-refractivity contribution in [1.82, 2.24) is 0 Å². The average molecular weight is 466 g/mol. The van der Waals surface area contributed by atoms with Crippen molar-refractivity contribution >= 4 is 23.9 Å². The quantitative estimate of drug-likeness (QED) is 0.329. The molecule has 182 valence electrons. The standard InChI is InChI=1S/C15H24O6.C8H6O4/c1-6-14(16)20-9-12(4)18-8-11(3)19-10-13(5)21-15(17)7-2;9-7(10)5-3-1-2-4-6(5)8(11)12/h6-7,11-13H,1-2,8-10H2,3-5H3;1-4H,(H,9,10)(H,11,12). The number of carbonyl (C=O) groups excluding carboxylic acids is 2. The molecule has 3 unspecified atom stereocenters. The maximum Gasteiger partial charge on any atom is 0.336 e. The van der Waals surface area contributed by atoms with Gasteiger partial charge in [-0.1, -0.05) is 25.3 Å². The van der Waals surface area contributed by atoms with Crippen LogP contribution in [0.25, 0.3) is 0 Å². The van der Waals surface area contributed by atoms with E-state index in [0.29, 0.717) is 6.61 Å². The summed E-state index contributed by atoms with van der Waals surface area (Å²) in [6, 6.07) is 5.48. The Morgan fingerprint density at radius 2 is 1.21 bits per heavy atom. The van der Waals surface area contributed by atoms with Crippen LogP contribution in [-0.2, 0) is 28.5 Å². The van der Waals surface area contributed by atoms with Crippen LogP contribution in [0, 0.1) is 0 Å². The number of carbonyl (C=O) groups is 4. The first-order valence-electron chi connectivity index (χ1n) is 9.92. The summed E-state index contributed by atoms with van der Waals surface area (Å²) in [5.41, 5.74) is -0.380. The molecule has 0 aliphatic rings. The van der Waals surface area contributed by atoms with Crippen molar-refractivity contribution in [3.05, 3.63) is 60.7 Å². The lowest BCUT2D eigenvalue weighted by atomic mass is 10.1. The molecule has 0 spiro atoms. The largest absolute Gasteiger partial charge is 0.478 e. The highest BCUT2D eigenvalue weighted by Gasteiger charge is 2.14. The summed E-state index contributed by atoms with van der Waals surface area (Å²) in [5, 5.41) is 17.1. The van der Waals surface area contributed by atoms with E-state index in [4.69, 9.17) is 29.2 Å². The number of aromatic carboxylic acids is 2. The van der Waals surface area contributed by atoms with E-state index in [0.717, 1.165) is 12.2 Å². The predicted molar refractivity (Wildman–Crippen MR) is 118 cm³/mol. The highest BCUT2D eigenvalue weighted by Crippen LogP contribution is 2.08. The van der Waals surface area contributed by atoms with Gasteiger partial charge in [0.25, 0.3) is 0 Å². The fraction of sp³-hybridized carbons (Fsp3) is 0.391. The fourth-order valence-corrected chi connectivity index (χ4v) is 2.09. The minimum absolute atomic E-state index is 0.158. The van der Waals surface area contributed by atoms with Gasteiger partial charge in [-0.05, 0) is 32.9 Å². The fourth-order valence-electron chi connectivity index (χ4n) is 2.09. The summed E-state index contributed by atoms with van der Waals surface area (Å²) >= 11 is 0. The third-order valence-corrected chi connectivity index (χ3v) is 3.73. The Hall–Kier alpha value is -3.50. The molecule has 0 amide bonds. The number of rotatable bonds is 13. The van der Waals surface area contributed by atoms with E-state index < -0.39 is 23.9 Å². The third kappa shape index (κ3) is 13.5. The molecule has 0 fully saturated rings. The van der Waals surface area contributed by atoms with Gasteiger partial charge in [0.1, 0.15) is 12.7 Å². The van der Waals surface area contributed by atoms with Crippen LogP contribution in [0.5, 0.6) is 0 Å². The van der Waals surface area contributed by atoms with Crippen LogP contribution < -0.4 is 0 Å². The molecule has 1 aromatic rings. The monoisotopic (exact) mass is 466 g/mol. The van der Waals surface area contributed by atoms with Crippen molar-refractivity contribution in [2.45, 2.75) is 39.1 Å². The normalized spacial score (nSPS) is 12.7. The average Bonchev–Trinajstić information content (AvgIpc) is 2.79. The second-order valence-corrected chi connectivity index (χ2v) is 6.73. The van der Waals surface area contributed by atoms with Crippen LogP contribution in [0.1, 0.15) is 41.5 Å². The van der Waals surface area contributed by atoms with Gasteiger partial charge in [0.15, 0.2) is 0 Å². The van der Waals surface area contributed by atoms with Crippen molar-refractivity contribution in [2.24, 2.45) is 0 Å². The van der Waals surface area contributed by atoms with Gasteiger partial charge in [0, 0.05) is 12.2 Å². The van der Waals surface area contributed by atoms with Crippen molar-refractivity contribution in [2.75, 3.05) is 19.8 Å². The Morgan fingerprint density at radius 1 is 0.788 bits per heavy atom. The van der Waals surface area contributed by atoms with E-state index in [2.05, 4.69) is 13.2 Å². The maximum absolute atomic E-state index is 11.0. The van der Waals surface area contributed by atoms with E-state index in [9.17, 15) is 19.2 Å². The van der Waals surface area contributed by atoms with Crippen LogP contribution in [0.15, 0.2) is 49.6 Å². The highest BCUT2D eigenvalue weighted by molar-refractivity contribution is 6.01. The minimum atomic E-state index is -1.23. The molecule has 0 heterocycles. The second-order valence-electron chi connectivity index (χ2n) is 6.73. The summed E-state index contributed by atoms with van der Waals surface area (Å²) in [7, 11) is 0. The summed E-state index contributed by atoms with van der Waals surface area (Å²) in [5.74, 6) is -3.42. The molecular formula is C23H30O10. The SMILES string of the molecule is C=CC(=O)OCC(C)OCC(C)OCC(C)OC(=O)C=C.O=C(O)c1ccccc1C(=O)O. The first kappa shape index (κ1) is 29.5. The lowest BCUT2D eigenvalue weighted by Crippen LogP contribution is -2.27. The molecule has 33 heavy (non-hydrogen) atoms. The smallest absolute Gasteiger partial charge is 0.336 e. The highest BCUT2D eigenvalue weighted by atomic mass is 16.6. The Morgan fingerprint density at radius 3 is 1.64 bits per heavy atom. The molecule has 1 aromatic carbocycles. The molecule has 0 aliphatic heterocycles. The molecule has 3 atom stereocenters. The lowest BCUT2D eigenvalue weighted by molar-refractivity contribution is -0.148. The first-order valence-corrected chi connectivity index (χ1v) is 9.92. The van der Waals surface area contributed by atoms with Crippen molar-refractivity contribution in [1.29, 1.82) is 0 Å². The molecule has 0 aliphatic carbocycles. The molecule has 2 N–H and O–H groups in total. The van der Waals surface area contributed by atoms with Gasteiger partial charge in [-0.2, -0.15) is 0 Å². The topological polar surface area (TPSA) is 146 Å². The number of benzene rings is 1. The molecule has 0 radical (unpaired) electrons. The molecule has 10 heteroatoms. The summed E-state index contributed by atoms with van der Waals surface area (Å²) in [4.78, 5) is 42.8. The van der Waals surface area contributed by atoms with E-state index in [1.807, 2.05) is 6.92 Å². The number of hydrogen-bond acceptors (Lipinski definition) is 8.